The van der Waals surface area contributed by atoms with E-state index in [-0.39, 0.29) is 11.7 Å². The minimum atomic E-state index is -0.225. The number of nitrogens with one attached hydrogen (secondary N) is 1. The van der Waals surface area contributed by atoms with Crippen LogP contribution < -0.4 is 15.0 Å². The number of hydrogen-bond donors (Lipinski definition) is 1. The van der Waals surface area contributed by atoms with Crippen LogP contribution in [0.2, 0.25) is 0 Å². The number of anilines is 1. The van der Waals surface area contributed by atoms with Gasteiger partial charge in [0.1, 0.15) is 18.2 Å². The average molecular weight is 404 g/mol. The number of benzene rings is 3. The van der Waals surface area contributed by atoms with Crippen molar-refractivity contribution in [3.8, 4) is 5.75 Å². The Bertz CT molecular complexity index is 976. The highest BCUT2D eigenvalue weighted by Crippen LogP contribution is 2.24. The van der Waals surface area contributed by atoms with Crippen molar-refractivity contribution in [1.29, 1.82) is 0 Å². The predicted octanol–water partition coefficient (Wildman–Crippen LogP) is 4.66. The number of hydrogen-bond acceptors (Lipinski definition) is 3. The standard InChI is InChI=1S/C25H25FN2O2/c26-21-10-12-22(13-11-21)28-15-14-19(17-28)16-27-25(29)24-9-5-4-6-20(24)18-30-23-7-2-1-3-8-23/h1-13,19H,14-18H2,(H,27,29)/t19-/m1/s1. The molecule has 30 heavy (non-hydrogen) atoms. The Kier molecular flexibility index (Phi) is 6.28. The van der Waals surface area contributed by atoms with Gasteiger partial charge in [-0.1, -0.05) is 36.4 Å². The van der Waals surface area contributed by atoms with Crippen LogP contribution in [0.25, 0.3) is 0 Å². The zero-order chi connectivity index (χ0) is 20.8. The largest absolute Gasteiger partial charge is 0.489 e. The normalized spacial score (nSPS) is 15.8. The Hall–Kier alpha value is -3.34. The SMILES string of the molecule is O=C(NC[C@H]1CCN(c2ccc(F)cc2)C1)c1ccccc1COc1ccccc1. The summed E-state index contributed by atoms with van der Waals surface area (Å²) in [5.74, 6) is 0.838. The molecule has 0 bridgehead atoms. The third kappa shape index (κ3) is 4.98. The second kappa shape index (κ2) is 9.44. The average Bonchev–Trinajstić information content (AvgIpc) is 3.26. The Morgan fingerprint density at radius 3 is 2.53 bits per heavy atom. The van der Waals surface area contributed by atoms with Gasteiger partial charge in [0, 0.05) is 36.4 Å². The molecular formula is C25H25FN2O2. The van der Waals surface area contributed by atoms with E-state index < -0.39 is 0 Å². The van der Waals surface area contributed by atoms with Crippen LogP contribution in [0.4, 0.5) is 10.1 Å². The Morgan fingerprint density at radius 2 is 1.73 bits per heavy atom. The second-order valence-corrected chi connectivity index (χ2v) is 7.55. The zero-order valence-electron chi connectivity index (χ0n) is 16.8. The van der Waals surface area contributed by atoms with Crippen molar-refractivity contribution in [1.82, 2.24) is 5.32 Å². The molecule has 3 aromatic carbocycles. The topological polar surface area (TPSA) is 41.6 Å². The first-order valence-electron chi connectivity index (χ1n) is 10.2. The quantitative estimate of drug-likeness (QED) is 0.623. The van der Waals surface area contributed by atoms with Crippen molar-refractivity contribution < 1.29 is 13.9 Å². The molecule has 154 valence electrons. The number of rotatable bonds is 7. The summed E-state index contributed by atoms with van der Waals surface area (Å²) in [5.41, 5.74) is 2.52. The van der Waals surface area contributed by atoms with Gasteiger partial charge in [-0.3, -0.25) is 4.79 Å². The molecule has 0 aromatic heterocycles. The molecule has 0 aliphatic carbocycles. The summed E-state index contributed by atoms with van der Waals surface area (Å²) in [7, 11) is 0. The maximum Gasteiger partial charge on any atom is 0.251 e. The molecule has 3 aromatic rings. The van der Waals surface area contributed by atoms with Gasteiger partial charge in [0.25, 0.3) is 5.91 Å². The lowest BCUT2D eigenvalue weighted by atomic mass is 10.1. The maximum atomic E-state index is 13.1. The van der Waals surface area contributed by atoms with Gasteiger partial charge in [-0.05, 0) is 54.8 Å². The van der Waals surface area contributed by atoms with Gasteiger partial charge in [-0.25, -0.2) is 4.39 Å². The lowest BCUT2D eigenvalue weighted by Crippen LogP contribution is -2.31. The maximum absolute atomic E-state index is 13.1. The van der Waals surface area contributed by atoms with Crippen LogP contribution in [-0.2, 0) is 6.61 Å². The lowest BCUT2D eigenvalue weighted by molar-refractivity contribution is 0.0945. The van der Waals surface area contributed by atoms with Crippen LogP contribution in [-0.4, -0.2) is 25.5 Å². The number of halogens is 1. The van der Waals surface area contributed by atoms with Gasteiger partial charge >= 0.3 is 0 Å². The number of ether oxygens (including phenoxy) is 1. The van der Waals surface area contributed by atoms with Crippen molar-refractivity contribution in [2.75, 3.05) is 24.5 Å². The van der Waals surface area contributed by atoms with E-state index in [2.05, 4.69) is 10.2 Å². The van der Waals surface area contributed by atoms with Crippen molar-refractivity contribution in [2.24, 2.45) is 5.92 Å². The molecule has 0 unspecified atom stereocenters. The van der Waals surface area contributed by atoms with Gasteiger partial charge in [0.05, 0.1) is 0 Å². The molecule has 1 aliphatic heterocycles. The first kappa shape index (κ1) is 20.0. The third-order valence-corrected chi connectivity index (χ3v) is 5.43. The lowest BCUT2D eigenvalue weighted by Gasteiger charge is -2.19. The second-order valence-electron chi connectivity index (χ2n) is 7.55. The molecule has 1 amide bonds. The van der Waals surface area contributed by atoms with Crippen molar-refractivity contribution >= 4 is 11.6 Å². The van der Waals surface area contributed by atoms with E-state index in [1.54, 1.807) is 12.1 Å². The van der Waals surface area contributed by atoms with Crippen molar-refractivity contribution in [3.05, 3.63) is 95.8 Å². The molecule has 0 radical (unpaired) electrons. The molecule has 0 saturated carbocycles. The molecule has 5 heteroatoms. The molecule has 1 saturated heterocycles. The van der Waals surface area contributed by atoms with E-state index >= 15 is 0 Å². The summed E-state index contributed by atoms with van der Waals surface area (Å²) in [6.07, 6.45) is 0.996. The fourth-order valence-corrected chi connectivity index (χ4v) is 3.76. The highest BCUT2D eigenvalue weighted by molar-refractivity contribution is 5.95. The number of carbonyl (C=O) groups excluding carboxylic acids is 1. The summed E-state index contributed by atoms with van der Waals surface area (Å²) >= 11 is 0. The first-order valence-corrected chi connectivity index (χ1v) is 10.2. The number of para-hydroxylation sites is 1. The number of nitrogens with zero attached hydrogens (tertiary/aromatic N) is 1. The van der Waals surface area contributed by atoms with Crippen LogP contribution in [0.1, 0.15) is 22.3 Å². The van der Waals surface area contributed by atoms with Gasteiger partial charge in [-0.2, -0.15) is 0 Å². The van der Waals surface area contributed by atoms with Crippen LogP contribution in [0.15, 0.2) is 78.9 Å². The summed E-state index contributed by atoms with van der Waals surface area (Å²) in [6.45, 7) is 2.72. The smallest absolute Gasteiger partial charge is 0.251 e. The van der Waals surface area contributed by atoms with Gasteiger partial charge in [0.15, 0.2) is 0 Å². The summed E-state index contributed by atoms with van der Waals surface area (Å²) in [6, 6.07) is 23.7. The van der Waals surface area contributed by atoms with Gasteiger partial charge in [0.2, 0.25) is 0 Å². The van der Waals surface area contributed by atoms with E-state index in [1.165, 1.54) is 12.1 Å². The Labute approximate surface area is 176 Å². The highest BCUT2D eigenvalue weighted by atomic mass is 19.1. The molecule has 1 fully saturated rings. The summed E-state index contributed by atoms with van der Waals surface area (Å²) < 4.78 is 18.9. The zero-order valence-corrected chi connectivity index (χ0v) is 16.8. The molecule has 1 aliphatic rings. The van der Waals surface area contributed by atoms with Crippen LogP contribution in [0.5, 0.6) is 5.75 Å². The van der Waals surface area contributed by atoms with Crippen molar-refractivity contribution in [3.63, 3.8) is 0 Å². The fraction of sp³-hybridized carbons (Fsp3) is 0.240. The van der Waals surface area contributed by atoms with E-state index in [0.717, 1.165) is 36.5 Å². The monoisotopic (exact) mass is 404 g/mol. The molecule has 1 heterocycles. The molecule has 1 N–H and O–H groups in total. The summed E-state index contributed by atoms with van der Waals surface area (Å²) in [4.78, 5) is 15.0. The van der Waals surface area contributed by atoms with Gasteiger partial charge < -0.3 is 15.0 Å². The van der Waals surface area contributed by atoms with Crippen LogP contribution in [0.3, 0.4) is 0 Å². The molecule has 4 nitrogen and oxygen atoms in total. The van der Waals surface area contributed by atoms with Crippen molar-refractivity contribution in [2.45, 2.75) is 13.0 Å². The van der Waals surface area contributed by atoms with E-state index in [0.29, 0.717) is 24.6 Å². The molecule has 4 rings (SSSR count). The Balaban J connectivity index is 1.32. The molecular weight excluding hydrogens is 379 g/mol. The highest BCUT2D eigenvalue weighted by Gasteiger charge is 2.23. The van der Waals surface area contributed by atoms with Crippen LogP contribution >= 0.6 is 0 Å². The number of amides is 1. The first-order chi connectivity index (χ1) is 14.7. The minimum Gasteiger partial charge on any atom is -0.489 e. The fourth-order valence-electron chi connectivity index (χ4n) is 3.76. The van der Waals surface area contributed by atoms with Crippen LogP contribution in [0, 0.1) is 11.7 Å². The molecule has 0 spiro atoms. The molecule has 1 atom stereocenters. The Morgan fingerprint density at radius 1 is 1.00 bits per heavy atom. The van der Waals surface area contributed by atoms with E-state index in [4.69, 9.17) is 4.74 Å². The van der Waals surface area contributed by atoms with E-state index in [1.807, 2.05) is 54.6 Å². The number of carbonyl (C=O) groups is 1. The predicted molar refractivity (Wildman–Crippen MR) is 116 cm³/mol. The van der Waals surface area contributed by atoms with Gasteiger partial charge in [-0.15, -0.1) is 0 Å². The third-order valence-electron chi connectivity index (χ3n) is 5.43. The minimum absolute atomic E-state index is 0.0810. The van der Waals surface area contributed by atoms with E-state index in [9.17, 15) is 9.18 Å². The summed E-state index contributed by atoms with van der Waals surface area (Å²) in [5, 5.41) is 3.08.